The second-order valence-corrected chi connectivity index (χ2v) is 7.80. The van der Waals surface area contributed by atoms with Gasteiger partial charge in [-0.15, -0.1) is 12.4 Å². The minimum atomic E-state index is -0.746. The molecular formula is C18H36ClN3O2. The van der Waals surface area contributed by atoms with E-state index in [1.807, 2.05) is 6.92 Å². The normalized spacial score (nSPS) is 23.8. The largest absolute Gasteiger partial charge is 0.379 e. The van der Waals surface area contributed by atoms with Crippen LogP contribution in [-0.4, -0.2) is 55.7 Å². The van der Waals surface area contributed by atoms with Gasteiger partial charge in [-0.1, -0.05) is 32.6 Å². The van der Waals surface area contributed by atoms with E-state index in [0.29, 0.717) is 0 Å². The van der Waals surface area contributed by atoms with Gasteiger partial charge in [0.15, 0.2) is 0 Å². The average Bonchev–Trinajstić information content (AvgIpc) is 2.54. The number of nitrogens with zero attached hydrogens (tertiary/aromatic N) is 1. The lowest BCUT2D eigenvalue weighted by Crippen LogP contribution is -2.55. The summed E-state index contributed by atoms with van der Waals surface area (Å²) < 4.78 is 5.46. The first-order chi connectivity index (χ1) is 11.0. The number of hydrogen-bond donors (Lipinski definition) is 2. The van der Waals surface area contributed by atoms with Crippen LogP contribution < -0.4 is 11.1 Å². The summed E-state index contributed by atoms with van der Waals surface area (Å²) in [6.07, 6.45) is 7.95. The quantitative estimate of drug-likeness (QED) is 0.730. The lowest BCUT2D eigenvalue weighted by atomic mass is 9.73. The monoisotopic (exact) mass is 361 g/mol. The third-order valence-corrected chi connectivity index (χ3v) is 5.49. The van der Waals surface area contributed by atoms with Crippen LogP contribution in [0.4, 0.5) is 0 Å². The maximum absolute atomic E-state index is 12.5. The number of amides is 1. The van der Waals surface area contributed by atoms with Crippen molar-refractivity contribution >= 4 is 18.3 Å². The fourth-order valence-corrected chi connectivity index (χ4v) is 4.03. The van der Waals surface area contributed by atoms with E-state index in [1.165, 1.54) is 32.1 Å². The van der Waals surface area contributed by atoms with Crippen LogP contribution >= 0.6 is 12.4 Å². The van der Waals surface area contributed by atoms with Crippen molar-refractivity contribution in [3.8, 4) is 0 Å². The predicted octanol–water partition coefficient (Wildman–Crippen LogP) is 2.32. The number of morpholine rings is 1. The Bertz CT molecular complexity index is 378. The molecule has 1 saturated heterocycles. The van der Waals surface area contributed by atoms with E-state index in [2.05, 4.69) is 17.1 Å². The van der Waals surface area contributed by atoms with Crippen LogP contribution in [-0.2, 0) is 9.53 Å². The third kappa shape index (κ3) is 6.17. The van der Waals surface area contributed by atoms with Crippen molar-refractivity contribution in [1.29, 1.82) is 0 Å². The summed E-state index contributed by atoms with van der Waals surface area (Å²) in [5.74, 6) is 0.00581. The van der Waals surface area contributed by atoms with Crippen LogP contribution in [0.5, 0.6) is 0 Å². The lowest BCUT2D eigenvalue weighted by molar-refractivity contribution is -0.126. The van der Waals surface area contributed by atoms with Gasteiger partial charge in [-0.05, 0) is 26.2 Å². The zero-order valence-corrected chi connectivity index (χ0v) is 16.3. The zero-order valence-electron chi connectivity index (χ0n) is 15.4. The highest BCUT2D eigenvalue weighted by Gasteiger charge is 2.36. The Balaban J connectivity index is 0.00000288. The number of carbonyl (C=O) groups excluding carboxylic acids is 1. The zero-order chi connectivity index (χ0) is 16.8. The molecule has 1 aliphatic heterocycles. The highest BCUT2D eigenvalue weighted by atomic mass is 35.5. The van der Waals surface area contributed by atoms with Gasteiger partial charge in [0.25, 0.3) is 0 Å². The predicted molar refractivity (Wildman–Crippen MR) is 101 cm³/mol. The van der Waals surface area contributed by atoms with E-state index < -0.39 is 5.54 Å². The molecule has 3 N–H and O–H groups in total. The molecule has 1 saturated carbocycles. The number of rotatable bonds is 7. The Morgan fingerprint density at radius 2 is 1.88 bits per heavy atom. The van der Waals surface area contributed by atoms with Gasteiger partial charge in [-0.25, -0.2) is 0 Å². The summed E-state index contributed by atoms with van der Waals surface area (Å²) in [6, 6.07) is 0. The molecule has 0 aromatic rings. The summed E-state index contributed by atoms with van der Waals surface area (Å²) >= 11 is 0. The highest BCUT2D eigenvalue weighted by molar-refractivity contribution is 5.85. The summed E-state index contributed by atoms with van der Waals surface area (Å²) in [6.45, 7) is 9.45. The second-order valence-electron chi connectivity index (χ2n) is 7.80. The van der Waals surface area contributed by atoms with Gasteiger partial charge in [-0.2, -0.15) is 0 Å². The summed E-state index contributed by atoms with van der Waals surface area (Å²) in [7, 11) is 0. The van der Waals surface area contributed by atoms with Gasteiger partial charge >= 0.3 is 0 Å². The van der Waals surface area contributed by atoms with Crippen LogP contribution in [0.25, 0.3) is 0 Å². The highest BCUT2D eigenvalue weighted by Crippen LogP contribution is 2.37. The number of hydrogen-bond acceptors (Lipinski definition) is 4. The van der Waals surface area contributed by atoms with E-state index in [9.17, 15) is 4.79 Å². The maximum atomic E-state index is 12.5. The van der Waals surface area contributed by atoms with E-state index in [4.69, 9.17) is 10.5 Å². The Hall–Kier alpha value is -0.360. The maximum Gasteiger partial charge on any atom is 0.239 e. The minimum absolute atomic E-state index is 0. The Morgan fingerprint density at radius 3 is 2.46 bits per heavy atom. The molecule has 1 unspecified atom stereocenters. The molecule has 2 rings (SSSR count). The molecule has 0 aromatic carbocycles. The average molecular weight is 362 g/mol. The number of nitrogens with one attached hydrogen (secondary N) is 1. The fraction of sp³-hybridized carbons (Fsp3) is 0.944. The molecule has 2 aliphatic rings. The Kier molecular flexibility index (Phi) is 8.99. The van der Waals surface area contributed by atoms with Crippen LogP contribution in [0.1, 0.15) is 58.8 Å². The van der Waals surface area contributed by atoms with Crippen LogP contribution in [0, 0.1) is 5.41 Å². The van der Waals surface area contributed by atoms with Gasteiger partial charge < -0.3 is 15.8 Å². The SMILES string of the molecule is CCCC(C)(N)C(=O)NCC1(CN2CCOCC2)CCCCC1.Cl. The van der Waals surface area contributed by atoms with Gasteiger partial charge in [0.2, 0.25) is 5.91 Å². The van der Waals surface area contributed by atoms with E-state index in [0.717, 1.165) is 52.2 Å². The molecule has 1 amide bonds. The van der Waals surface area contributed by atoms with Crippen LogP contribution in [0.15, 0.2) is 0 Å². The van der Waals surface area contributed by atoms with Crippen molar-refractivity contribution < 1.29 is 9.53 Å². The molecule has 1 aliphatic carbocycles. The van der Waals surface area contributed by atoms with Gasteiger partial charge in [0.05, 0.1) is 18.8 Å². The van der Waals surface area contributed by atoms with Gasteiger partial charge in [0, 0.05) is 31.6 Å². The number of nitrogens with two attached hydrogens (primary N) is 1. The third-order valence-electron chi connectivity index (χ3n) is 5.49. The molecule has 6 heteroatoms. The number of carbonyl (C=O) groups is 1. The van der Waals surface area contributed by atoms with Gasteiger partial charge in [0.1, 0.15) is 0 Å². The van der Waals surface area contributed by atoms with Crippen LogP contribution in [0.2, 0.25) is 0 Å². The van der Waals surface area contributed by atoms with Crippen molar-refractivity contribution in [2.24, 2.45) is 11.1 Å². The molecule has 2 fully saturated rings. The van der Waals surface area contributed by atoms with Crippen molar-refractivity contribution in [2.45, 2.75) is 64.3 Å². The van der Waals surface area contributed by atoms with Crippen molar-refractivity contribution in [3.63, 3.8) is 0 Å². The molecule has 142 valence electrons. The summed E-state index contributed by atoms with van der Waals surface area (Å²) in [5.41, 5.74) is 5.64. The van der Waals surface area contributed by atoms with Crippen molar-refractivity contribution in [1.82, 2.24) is 10.2 Å². The van der Waals surface area contributed by atoms with Crippen LogP contribution in [0.3, 0.4) is 0 Å². The lowest BCUT2D eigenvalue weighted by Gasteiger charge is -2.42. The summed E-state index contributed by atoms with van der Waals surface area (Å²) in [5, 5.41) is 3.19. The first kappa shape index (κ1) is 21.7. The Morgan fingerprint density at radius 1 is 1.25 bits per heavy atom. The molecule has 1 heterocycles. The molecule has 0 aromatic heterocycles. The Labute approximate surface area is 153 Å². The standard InChI is InChI=1S/C18H35N3O2.ClH/c1-3-7-17(2,19)16(22)20-14-18(8-5-4-6-9-18)15-21-10-12-23-13-11-21;/h3-15,19H2,1-2H3,(H,20,22);1H. The van der Waals surface area contributed by atoms with E-state index in [-0.39, 0.29) is 23.7 Å². The molecular weight excluding hydrogens is 326 g/mol. The molecule has 5 nitrogen and oxygen atoms in total. The topological polar surface area (TPSA) is 67.6 Å². The smallest absolute Gasteiger partial charge is 0.239 e. The minimum Gasteiger partial charge on any atom is -0.379 e. The molecule has 0 spiro atoms. The van der Waals surface area contributed by atoms with Gasteiger partial charge in [-0.3, -0.25) is 9.69 Å². The summed E-state index contributed by atoms with van der Waals surface area (Å²) in [4.78, 5) is 15.0. The molecule has 0 radical (unpaired) electrons. The molecule has 1 atom stereocenters. The number of ether oxygens (including phenoxy) is 1. The second kappa shape index (κ2) is 9.95. The van der Waals surface area contributed by atoms with Crippen molar-refractivity contribution in [2.75, 3.05) is 39.4 Å². The fourth-order valence-electron chi connectivity index (χ4n) is 4.03. The first-order valence-electron chi connectivity index (χ1n) is 9.35. The molecule has 0 bridgehead atoms. The number of halogens is 1. The van der Waals surface area contributed by atoms with E-state index in [1.54, 1.807) is 0 Å². The van der Waals surface area contributed by atoms with E-state index >= 15 is 0 Å². The van der Waals surface area contributed by atoms with Crippen molar-refractivity contribution in [3.05, 3.63) is 0 Å². The first-order valence-corrected chi connectivity index (χ1v) is 9.35. The molecule has 24 heavy (non-hydrogen) atoms.